The van der Waals surface area contributed by atoms with E-state index in [0.29, 0.717) is 11.6 Å². The predicted molar refractivity (Wildman–Crippen MR) is 118 cm³/mol. The minimum Gasteiger partial charge on any atom is -0.355 e. The van der Waals surface area contributed by atoms with Crippen molar-refractivity contribution in [2.24, 2.45) is 0 Å². The zero-order valence-electron chi connectivity index (χ0n) is 17.2. The first-order chi connectivity index (χ1) is 15.2. The van der Waals surface area contributed by atoms with Crippen molar-refractivity contribution in [2.75, 3.05) is 23.3 Å². The molecule has 8 heteroatoms. The van der Waals surface area contributed by atoms with Crippen LogP contribution in [0.15, 0.2) is 53.3 Å². The maximum atomic E-state index is 12.5. The number of anilines is 2. The largest absolute Gasteiger partial charge is 0.355 e. The number of benzene rings is 1. The molecule has 158 valence electrons. The van der Waals surface area contributed by atoms with Crippen molar-refractivity contribution in [3.63, 3.8) is 0 Å². The summed E-state index contributed by atoms with van der Waals surface area (Å²) in [6, 6.07) is 14.6. The lowest BCUT2D eigenvalue weighted by Crippen LogP contribution is -2.29. The molecule has 3 heterocycles. The monoisotopic (exact) mass is 416 g/mol. The van der Waals surface area contributed by atoms with E-state index in [-0.39, 0.29) is 18.0 Å². The predicted octanol–water partition coefficient (Wildman–Crippen LogP) is 2.82. The van der Waals surface area contributed by atoms with Crippen molar-refractivity contribution < 1.29 is 4.79 Å². The number of carbonyl (C=O) groups is 1. The number of carbonyl (C=O) groups excluding carboxylic acids is 1. The van der Waals surface area contributed by atoms with Crippen LogP contribution in [0.3, 0.4) is 0 Å². The van der Waals surface area contributed by atoms with Crippen LogP contribution >= 0.6 is 0 Å². The van der Waals surface area contributed by atoms with Crippen LogP contribution in [-0.2, 0) is 11.3 Å². The molecule has 1 saturated carbocycles. The van der Waals surface area contributed by atoms with Crippen LogP contribution in [0.25, 0.3) is 11.3 Å². The summed E-state index contributed by atoms with van der Waals surface area (Å²) >= 11 is 0. The minimum atomic E-state index is -0.296. The van der Waals surface area contributed by atoms with E-state index in [1.54, 1.807) is 6.07 Å². The summed E-state index contributed by atoms with van der Waals surface area (Å²) in [6.45, 7) is 1.93. The van der Waals surface area contributed by atoms with E-state index in [9.17, 15) is 9.59 Å². The fourth-order valence-electron chi connectivity index (χ4n) is 3.86. The van der Waals surface area contributed by atoms with Gasteiger partial charge < -0.3 is 10.2 Å². The summed E-state index contributed by atoms with van der Waals surface area (Å²) in [7, 11) is 0. The number of hydrogen-bond acceptors (Lipinski definition) is 6. The Balaban J connectivity index is 1.27. The number of nitrogens with one attached hydrogen (secondary N) is 1. The van der Waals surface area contributed by atoms with Gasteiger partial charge in [0.25, 0.3) is 5.56 Å². The molecule has 0 atom stereocenters. The lowest BCUT2D eigenvalue weighted by Gasteiger charge is -2.15. The molecular weight excluding hydrogens is 392 g/mol. The molecular formula is C23H24N6O2. The zero-order chi connectivity index (χ0) is 21.2. The number of amides is 1. The molecule has 1 N–H and O–H groups in total. The van der Waals surface area contributed by atoms with E-state index in [1.165, 1.54) is 23.6 Å². The SMILES string of the molecule is O=C(Cn1nc(C2CC2)ccc1=O)Nc1cccc(-c2ccc(N3CCCC3)nn2)c1. The molecule has 1 aromatic carbocycles. The van der Waals surface area contributed by atoms with E-state index >= 15 is 0 Å². The van der Waals surface area contributed by atoms with Crippen LogP contribution in [0, 0.1) is 0 Å². The highest BCUT2D eigenvalue weighted by Gasteiger charge is 2.25. The second-order valence-corrected chi connectivity index (χ2v) is 8.13. The Labute approximate surface area is 179 Å². The lowest BCUT2D eigenvalue weighted by molar-refractivity contribution is -0.117. The van der Waals surface area contributed by atoms with Crippen LogP contribution < -0.4 is 15.8 Å². The molecule has 8 nitrogen and oxygen atoms in total. The molecule has 1 aliphatic carbocycles. The van der Waals surface area contributed by atoms with Gasteiger partial charge >= 0.3 is 0 Å². The first-order valence-corrected chi connectivity index (χ1v) is 10.7. The Morgan fingerprint density at radius 3 is 2.61 bits per heavy atom. The van der Waals surface area contributed by atoms with E-state index in [0.717, 1.165) is 48.7 Å². The van der Waals surface area contributed by atoms with Gasteiger partial charge in [0.1, 0.15) is 6.54 Å². The van der Waals surface area contributed by atoms with Gasteiger partial charge in [-0.1, -0.05) is 12.1 Å². The van der Waals surface area contributed by atoms with Crippen LogP contribution in [0.1, 0.15) is 37.3 Å². The smallest absolute Gasteiger partial charge is 0.267 e. The topological polar surface area (TPSA) is 93.0 Å². The van der Waals surface area contributed by atoms with Gasteiger partial charge in [-0.05, 0) is 56.0 Å². The molecule has 31 heavy (non-hydrogen) atoms. The average Bonchev–Trinajstić information content (AvgIpc) is 3.49. The normalized spacial score (nSPS) is 15.8. The number of aromatic nitrogens is 4. The molecule has 0 spiro atoms. The van der Waals surface area contributed by atoms with Gasteiger partial charge in [0.15, 0.2) is 5.82 Å². The van der Waals surface area contributed by atoms with E-state index in [1.807, 2.05) is 36.4 Å². The summed E-state index contributed by atoms with van der Waals surface area (Å²) in [5, 5.41) is 15.9. The standard InChI is InChI=1S/C23H24N6O2/c30-22(15-29-23(31)11-9-20(27-29)16-6-7-16)24-18-5-3-4-17(14-18)19-8-10-21(26-25-19)28-12-1-2-13-28/h3-5,8-11,14,16H,1-2,6-7,12-13,15H2,(H,24,30). The van der Waals surface area contributed by atoms with Gasteiger partial charge in [0.05, 0.1) is 11.4 Å². The third-order valence-electron chi connectivity index (χ3n) is 5.70. The van der Waals surface area contributed by atoms with Crippen molar-refractivity contribution in [3.8, 4) is 11.3 Å². The summed E-state index contributed by atoms with van der Waals surface area (Å²) in [5.41, 5.74) is 2.85. The first kappa shape index (κ1) is 19.4. The summed E-state index contributed by atoms with van der Waals surface area (Å²) in [4.78, 5) is 26.8. The summed E-state index contributed by atoms with van der Waals surface area (Å²) in [6.07, 6.45) is 4.56. The van der Waals surface area contributed by atoms with Crippen molar-refractivity contribution >= 4 is 17.4 Å². The van der Waals surface area contributed by atoms with Crippen molar-refractivity contribution in [3.05, 3.63) is 64.6 Å². The molecule has 1 saturated heterocycles. The summed E-state index contributed by atoms with van der Waals surface area (Å²) < 4.78 is 1.23. The fraction of sp³-hybridized carbons (Fsp3) is 0.348. The molecule has 0 radical (unpaired) electrons. The van der Waals surface area contributed by atoms with Gasteiger partial charge in [-0.15, -0.1) is 10.2 Å². The number of nitrogens with zero attached hydrogens (tertiary/aromatic N) is 5. The molecule has 1 amide bonds. The van der Waals surface area contributed by atoms with Crippen molar-refractivity contribution in [1.82, 2.24) is 20.0 Å². The van der Waals surface area contributed by atoms with Gasteiger partial charge in [-0.3, -0.25) is 9.59 Å². The van der Waals surface area contributed by atoms with E-state index in [2.05, 4.69) is 25.5 Å². The van der Waals surface area contributed by atoms with E-state index < -0.39 is 0 Å². The Morgan fingerprint density at radius 2 is 1.87 bits per heavy atom. The molecule has 0 unspecified atom stereocenters. The molecule has 0 bridgehead atoms. The van der Waals surface area contributed by atoms with Gasteiger partial charge in [-0.25, -0.2) is 4.68 Å². The third-order valence-corrected chi connectivity index (χ3v) is 5.70. The maximum absolute atomic E-state index is 12.5. The molecule has 5 rings (SSSR count). The zero-order valence-corrected chi connectivity index (χ0v) is 17.2. The second-order valence-electron chi connectivity index (χ2n) is 8.13. The fourth-order valence-corrected chi connectivity index (χ4v) is 3.86. The first-order valence-electron chi connectivity index (χ1n) is 10.7. The van der Waals surface area contributed by atoms with Gasteiger partial charge in [0.2, 0.25) is 5.91 Å². The second kappa shape index (κ2) is 8.29. The Morgan fingerprint density at radius 1 is 1.03 bits per heavy atom. The van der Waals surface area contributed by atoms with E-state index in [4.69, 9.17) is 0 Å². The molecule has 2 aromatic heterocycles. The molecule has 2 fully saturated rings. The van der Waals surface area contributed by atoms with Gasteiger partial charge in [-0.2, -0.15) is 5.10 Å². The van der Waals surface area contributed by atoms with Crippen molar-refractivity contribution in [1.29, 1.82) is 0 Å². The Kier molecular flexibility index (Phi) is 5.19. The average molecular weight is 416 g/mol. The number of hydrogen-bond donors (Lipinski definition) is 1. The highest BCUT2D eigenvalue weighted by Crippen LogP contribution is 2.38. The summed E-state index contributed by atoms with van der Waals surface area (Å²) in [5.74, 6) is 1.02. The lowest BCUT2D eigenvalue weighted by atomic mass is 10.1. The van der Waals surface area contributed by atoms with Crippen LogP contribution in [0.2, 0.25) is 0 Å². The minimum absolute atomic E-state index is 0.117. The molecule has 1 aliphatic heterocycles. The maximum Gasteiger partial charge on any atom is 0.267 e. The Hall–Kier alpha value is -3.55. The third kappa shape index (κ3) is 4.47. The number of rotatable bonds is 6. The highest BCUT2D eigenvalue weighted by atomic mass is 16.2. The highest BCUT2D eigenvalue weighted by molar-refractivity contribution is 5.91. The van der Waals surface area contributed by atoms with Crippen molar-refractivity contribution in [2.45, 2.75) is 38.1 Å². The van der Waals surface area contributed by atoms with Crippen LogP contribution in [-0.4, -0.2) is 39.0 Å². The molecule has 3 aromatic rings. The Bertz CT molecular complexity index is 1150. The van der Waals surface area contributed by atoms with Crippen LogP contribution in [0.4, 0.5) is 11.5 Å². The quantitative estimate of drug-likeness (QED) is 0.664. The van der Waals surface area contributed by atoms with Crippen LogP contribution in [0.5, 0.6) is 0 Å². The van der Waals surface area contributed by atoms with Gasteiger partial charge in [0, 0.05) is 36.3 Å². The molecule has 2 aliphatic rings.